The second-order valence-electron chi connectivity index (χ2n) is 4.43. The molecule has 0 bridgehead atoms. The minimum absolute atomic E-state index is 0.229. The van der Waals surface area contributed by atoms with Crippen molar-refractivity contribution < 1.29 is 5.11 Å². The number of pyridine rings is 1. The van der Waals surface area contributed by atoms with Gasteiger partial charge in [0.05, 0.1) is 11.2 Å². The Bertz CT molecular complexity index is 571. The molecule has 0 atom stereocenters. The van der Waals surface area contributed by atoms with Crippen LogP contribution in [0.1, 0.15) is 17.7 Å². The summed E-state index contributed by atoms with van der Waals surface area (Å²) in [4.78, 5) is 4.73. The van der Waals surface area contributed by atoms with Gasteiger partial charge in [-0.25, -0.2) is 0 Å². The fourth-order valence-electron chi connectivity index (χ4n) is 2.32. The number of rotatable bonds is 4. The van der Waals surface area contributed by atoms with Gasteiger partial charge in [-0.15, -0.1) is 0 Å². The van der Waals surface area contributed by atoms with E-state index in [0.717, 1.165) is 30.0 Å². The van der Waals surface area contributed by atoms with E-state index >= 15 is 0 Å². The largest absolute Gasteiger partial charge is 0.396 e. The van der Waals surface area contributed by atoms with E-state index in [1.54, 1.807) is 0 Å². The molecule has 18 heavy (non-hydrogen) atoms. The third kappa shape index (κ3) is 2.06. The maximum absolute atomic E-state index is 8.89. The van der Waals surface area contributed by atoms with Crippen molar-refractivity contribution in [3.8, 4) is 0 Å². The highest BCUT2D eigenvalue weighted by atomic mass is 32.2. The first kappa shape index (κ1) is 11.8. The van der Waals surface area contributed by atoms with E-state index in [0.29, 0.717) is 0 Å². The zero-order valence-corrected chi connectivity index (χ0v) is 11.0. The van der Waals surface area contributed by atoms with E-state index in [9.17, 15) is 0 Å². The topological polar surface area (TPSA) is 45.1 Å². The van der Waals surface area contributed by atoms with Crippen LogP contribution in [0.25, 0.3) is 10.9 Å². The molecule has 3 rings (SSSR count). The molecule has 0 radical (unpaired) electrons. The van der Waals surface area contributed by atoms with E-state index in [2.05, 4.69) is 23.5 Å². The third-order valence-electron chi connectivity index (χ3n) is 3.20. The molecule has 1 aliphatic heterocycles. The van der Waals surface area contributed by atoms with Crippen molar-refractivity contribution in [2.24, 2.45) is 0 Å². The number of benzene rings is 1. The molecule has 2 N–H and O–H groups in total. The molecule has 0 spiro atoms. The van der Waals surface area contributed by atoms with E-state index in [4.69, 9.17) is 10.1 Å². The van der Waals surface area contributed by atoms with Crippen LogP contribution in [-0.2, 0) is 11.5 Å². The van der Waals surface area contributed by atoms with E-state index in [1.807, 2.05) is 17.8 Å². The average molecular weight is 260 g/mol. The second-order valence-corrected chi connectivity index (χ2v) is 5.41. The fourth-order valence-corrected chi connectivity index (χ4v) is 3.37. The van der Waals surface area contributed by atoms with Gasteiger partial charge in [0.2, 0.25) is 0 Å². The summed E-state index contributed by atoms with van der Waals surface area (Å²) in [6.45, 7) is 1.04. The number of aliphatic hydroxyl groups excluding tert-OH is 1. The van der Waals surface area contributed by atoms with Gasteiger partial charge in [0, 0.05) is 41.3 Å². The molecule has 0 unspecified atom stereocenters. The predicted octanol–water partition coefficient (Wildman–Crippen LogP) is 2.78. The van der Waals surface area contributed by atoms with Crippen LogP contribution < -0.4 is 5.32 Å². The van der Waals surface area contributed by atoms with Gasteiger partial charge in [-0.2, -0.15) is 11.8 Å². The molecule has 3 nitrogen and oxygen atoms in total. The number of aliphatic hydroxyl groups is 1. The number of aromatic nitrogens is 1. The molecule has 0 saturated heterocycles. The average Bonchev–Trinajstić information content (AvgIpc) is 2.86. The Kier molecular flexibility index (Phi) is 3.39. The second kappa shape index (κ2) is 5.16. The molecule has 4 heteroatoms. The van der Waals surface area contributed by atoms with Crippen LogP contribution >= 0.6 is 11.8 Å². The highest BCUT2D eigenvalue weighted by molar-refractivity contribution is 7.98. The number of fused-ring (bicyclic) bond motifs is 2. The predicted molar refractivity (Wildman–Crippen MR) is 76.9 cm³/mol. The summed E-state index contributed by atoms with van der Waals surface area (Å²) < 4.78 is 0. The van der Waals surface area contributed by atoms with Crippen molar-refractivity contribution in [1.82, 2.24) is 4.98 Å². The Hall–Kier alpha value is -1.26. The summed E-state index contributed by atoms with van der Waals surface area (Å²) in [5, 5.41) is 13.6. The number of hydrogen-bond acceptors (Lipinski definition) is 4. The number of thioether (sulfide) groups is 1. The van der Waals surface area contributed by atoms with Crippen LogP contribution in [0.15, 0.2) is 24.3 Å². The standard InChI is InChI=1S/C14H16N2OS/c17-7-3-6-15-14-10-4-1-2-5-12(10)16-13-9-18-8-11(13)14/h1-2,4-5,17H,3,6-9H2,(H,15,16). The van der Waals surface area contributed by atoms with Crippen molar-refractivity contribution in [2.75, 3.05) is 18.5 Å². The Morgan fingerprint density at radius 2 is 2.17 bits per heavy atom. The van der Waals surface area contributed by atoms with Gasteiger partial charge in [-0.3, -0.25) is 4.98 Å². The van der Waals surface area contributed by atoms with Gasteiger partial charge in [0.25, 0.3) is 0 Å². The summed E-state index contributed by atoms with van der Waals surface area (Å²) in [5.41, 5.74) is 4.83. The van der Waals surface area contributed by atoms with Gasteiger partial charge in [-0.1, -0.05) is 18.2 Å². The third-order valence-corrected chi connectivity index (χ3v) is 4.17. The lowest BCUT2D eigenvalue weighted by Crippen LogP contribution is -2.07. The lowest BCUT2D eigenvalue weighted by molar-refractivity contribution is 0.292. The van der Waals surface area contributed by atoms with Crippen molar-refractivity contribution in [3.05, 3.63) is 35.5 Å². The van der Waals surface area contributed by atoms with Crippen molar-refractivity contribution in [1.29, 1.82) is 0 Å². The Morgan fingerprint density at radius 1 is 1.28 bits per heavy atom. The molecule has 1 aromatic carbocycles. The van der Waals surface area contributed by atoms with Crippen molar-refractivity contribution in [2.45, 2.75) is 17.9 Å². The number of hydrogen-bond donors (Lipinski definition) is 2. The summed E-state index contributed by atoms with van der Waals surface area (Å²) >= 11 is 1.91. The minimum atomic E-state index is 0.229. The highest BCUT2D eigenvalue weighted by Gasteiger charge is 2.19. The van der Waals surface area contributed by atoms with Gasteiger partial charge < -0.3 is 10.4 Å². The lowest BCUT2D eigenvalue weighted by atomic mass is 10.1. The number of nitrogens with one attached hydrogen (secondary N) is 1. The Morgan fingerprint density at radius 3 is 3.06 bits per heavy atom. The van der Waals surface area contributed by atoms with Gasteiger partial charge in [-0.05, 0) is 12.5 Å². The summed E-state index contributed by atoms with van der Waals surface area (Å²) in [7, 11) is 0. The summed E-state index contributed by atoms with van der Waals surface area (Å²) in [5.74, 6) is 2.05. The van der Waals surface area contributed by atoms with E-state index < -0.39 is 0 Å². The first-order chi connectivity index (χ1) is 8.90. The van der Waals surface area contributed by atoms with Crippen LogP contribution in [0.4, 0.5) is 5.69 Å². The molecule has 1 aromatic heterocycles. The first-order valence-corrected chi connectivity index (χ1v) is 7.38. The fraction of sp³-hybridized carbons (Fsp3) is 0.357. The minimum Gasteiger partial charge on any atom is -0.396 e. The molecule has 2 heterocycles. The molecule has 1 aliphatic rings. The smallest absolute Gasteiger partial charge is 0.0726 e. The molecular formula is C14H16N2OS. The number of para-hydroxylation sites is 1. The lowest BCUT2D eigenvalue weighted by Gasteiger charge is -2.13. The van der Waals surface area contributed by atoms with Crippen LogP contribution in [0.3, 0.4) is 0 Å². The molecule has 0 fully saturated rings. The molecule has 94 valence electrons. The summed E-state index contributed by atoms with van der Waals surface area (Å²) in [6.07, 6.45) is 0.776. The quantitative estimate of drug-likeness (QED) is 0.830. The monoisotopic (exact) mass is 260 g/mol. The summed E-state index contributed by atoms with van der Waals surface area (Å²) in [6, 6.07) is 8.26. The van der Waals surface area contributed by atoms with Gasteiger partial charge in [0.15, 0.2) is 0 Å². The first-order valence-electron chi connectivity index (χ1n) is 6.23. The van der Waals surface area contributed by atoms with Crippen molar-refractivity contribution in [3.63, 3.8) is 0 Å². The zero-order chi connectivity index (χ0) is 12.4. The molecule has 2 aromatic rings. The van der Waals surface area contributed by atoms with Gasteiger partial charge in [0.1, 0.15) is 0 Å². The number of anilines is 1. The normalized spacial score (nSPS) is 13.8. The van der Waals surface area contributed by atoms with E-state index in [1.165, 1.54) is 22.3 Å². The maximum Gasteiger partial charge on any atom is 0.0726 e. The molecule has 0 saturated carbocycles. The van der Waals surface area contributed by atoms with Crippen LogP contribution in [0.5, 0.6) is 0 Å². The van der Waals surface area contributed by atoms with E-state index in [-0.39, 0.29) is 6.61 Å². The molecule has 0 aliphatic carbocycles. The SMILES string of the molecule is OCCCNc1c2c(nc3ccccc13)CSC2. The van der Waals surface area contributed by atoms with Crippen LogP contribution in [-0.4, -0.2) is 23.2 Å². The van der Waals surface area contributed by atoms with Crippen LogP contribution in [0, 0.1) is 0 Å². The Labute approximate surface area is 111 Å². The van der Waals surface area contributed by atoms with Crippen LogP contribution in [0.2, 0.25) is 0 Å². The maximum atomic E-state index is 8.89. The number of nitrogens with zero attached hydrogens (tertiary/aromatic N) is 1. The van der Waals surface area contributed by atoms with Crippen molar-refractivity contribution >= 4 is 28.4 Å². The molecule has 0 amide bonds. The Balaban J connectivity index is 2.07. The van der Waals surface area contributed by atoms with Gasteiger partial charge >= 0.3 is 0 Å². The molecular weight excluding hydrogens is 244 g/mol. The zero-order valence-electron chi connectivity index (χ0n) is 10.1. The highest BCUT2D eigenvalue weighted by Crippen LogP contribution is 2.37.